The Bertz CT molecular complexity index is 2830. The molecule has 26 heteroatoms. The maximum atomic E-state index is 15.8. The van der Waals surface area contributed by atoms with E-state index >= 15 is 14.4 Å². The average Bonchev–Trinajstić information content (AvgIpc) is 3.27. The molecule has 0 aromatic heterocycles. The molecule has 67 heavy (non-hydrogen) atoms. The Morgan fingerprint density at radius 3 is 1.01 bits per heavy atom. The van der Waals surface area contributed by atoms with Crippen LogP contribution in [-0.4, -0.2) is 157 Å². The van der Waals surface area contributed by atoms with Gasteiger partial charge in [-0.2, -0.15) is 0 Å². The van der Waals surface area contributed by atoms with Gasteiger partial charge in [-0.1, -0.05) is 0 Å². The van der Waals surface area contributed by atoms with Crippen LogP contribution in [0.1, 0.15) is 51.8 Å². The van der Waals surface area contributed by atoms with Crippen LogP contribution >= 0.6 is 0 Å². The fourth-order valence-electron chi connectivity index (χ4n) is 7.09. The van der Waals surface area contributed by atoms with Crippen molar-refractivity contribution in [3.63, 3.8) is 0 Å². The van der Waals surface area contributed by atoms with Crippen LogP contribution in [0.5, 0.6) is 86.2 Å². The van der Waals surface area contributed by atoms with Gasteiger partial charge in [0.05, 0.1) is 17.7 Å². The third-order valence-electron chi connectivity index (χ3n) is 10.3. The molecule has 5 atom stereocenters. The van der Waals surface area contributed by atoms with E-state index in [0.717, 1.165) is 0 Å². The minimum Gasteiger partial charge on any atom is -0.504 e. The molecule has 1 heterocycles. The normalized spacial score (nSPS) is 21.2. The van der Waals surface area contributed by atoms with Crippen LogP contribution in [0.3, 0.4) is 0 Å². The van der Waals surface area contributed by atoms with Crippen molar-refractivity contribution in [1.29, 1.82) is 0 Å². The van der Waals surface area contributed by atoms with Crippen molar-refractivity contribution >= 4 is 29.3 Å². The van der Waals surface area contributed by atoms with E-state index in [1.807, 2.05) is 0 Å². The molecule has 0 bridgehead atoms. The van der Waals surface area contributed by atoms with E-state index in [2.05, 4.69) is 0 Å². The van der Waals surface area contributed by atoms with Gasteiger partial charge in [0.1, 0.15) is 12.2 Å². The highest BCUT2D eigenvalue weighted by Gasteiger charge is 2.85. The molecule has 18 N–H and O–H groups in total. The lowest BCUT2D eigenvalue weighted by Crippen LogP contribution is -2.87. The Morgan fingerprint density at radius 2 is 0.701 bits per heavy atom. The fraction of sp³-hybridized carbons (Fsp3) is 0.146. The van der Waals surface area contributed by atoms with E-state index in [-0.39, 0.29) is 60.7 Å². The molecule has 5 aromatic carbocycles. The summed E-state index contributed by atoms with van der Waals surface area (Å²) in [6.07, 6.45) is -6.35. The summed E-state index contributed by atoms with van der Waals surface area (Å²) in [6.45, 7) is -1.79. The number of carbonyl (C=O) groups excluding carboxylic acids is 5. The summed E-state index contributed by atoms with van der Waals surface area (Å²) in [6, 6.07) is 2.10. The van der Waals surface area contributed by atoms with Crippen molar-refractivity contribution in [2.45, 2.75) is 29.2 Å². The molecular formula is C41H32O26. The molecule has 1 fully saturated rings. The van der Waals surface area contributed by atoms with E-state index in [9.17, 15) is 102 Å². The SMILES string of the molecule is O=C(O[C@@]1(C(=O)c2cc(O)c(O)c(O)c2)[C@H](O)[C@@H](CO)OC(O)(C(=O)c2cc(O)c(O)c(O)c2)[C@@]1(OC(=O)c1cc(O)c(O)c(O)c1)C(=O)c1cc(O)c(O)c(O)c1)c1cc(O)c(O)c(O)c1. The molecule has 26 nitrogen and oxygen atoms in total. The maximum absolute atomic E-state index is 15.8. The van der Waals surface area contributed by atoms with Crippen molar-refractivity contribution in [2.75, 3.05) is 6.61 Å². The Hall–Kier alpha value is -9.11. The van der Waals surface area contributed by atoms with E-state index in [4.69, 9.17) is 14.2 Å². The first kappa shape index (κ1) is 47.4. The number of ether oxygens (including phenoxy) is 3. The highest BCUT2D eigenvalue weighted by atomic mass is 16.7. The van der Waals surface area contributed by atoms with Crippen LogP contribution in [0.2, 0.25) is 0 Å². The Balaban J connectivity index is 1.91. The number of hydrogen-bond donors (Lipinski definition) is 18. The number of aliphatic hydroxyl groups excluding tert-OH is 2. The summed E-state index contributed by atoms with van der Waals surface area (Å²) in [5, 5.41) is 191. The summed E-state index contributed by atoms with van der Waals surface area (Å²) < 4.78 is 16.5. The highest BCUT2D eigenvalue weighted by molar-refractivity contribution is 6.20. The van der Waals surface area contributed by atoms with Crippen molar-refractivity contribution < 1.29 is 130 Å². The van der Waals surface area contributed by atoms with E-state index < -0.39 is 179 Å². The molecule has 0 saturated carbocycles. The van der Waals surface area contributed by atoms with Crippen molar-refractivity contribution in [2.24, 2.45) is 0 Å². The zero-order chi connectivity index (χ0) is 50.0. The quantitative estimate of drug-likeness (QED) is 0.0465. The van der Waals surface area contributed by atoms with Gasteiger partial charge < -0.3 is 106 Å². The first-order chi connectivity index (χ1) is 31.2. The van der Waals surface area contributed by atoms with Crippen LogP contribution < -0.4 is 0 Å². The van der Waals surface area contributed by atoms with Crippen LogP contribution in [0.15, 0.2) is 60.7 Å². The second-order valence-corrected chi connectivity index (χ2v) is 14.4. The minimum atomic E-state index is -5.00. The number of benzene rings is 5. The first-order valence-corrected chi connectivity index (χ1v) is 18.2. The largest absolute Gasteiger partial charge is 0.504 e. The molecule has 0 aliphatic carbocycles. The van der Waals surface area contributed by atoms with Gasteiger partial charge in [-0.3, -0.25) is 14.4 Å². The number of rotatable bonds is 11. The molecule has 0 spiro atoms. The number of phenols is 15. The van der Waals surface area contributed by atoms with Gasteiger partial charge in [-0.05, 0) is 60.7 Å². The van der Waals surface area contributed by atoms with Crippen LogP contribution in [0.25, 0.3) is 0 Å². The number of ketones is 3. The van der Waals surface area contributed by atoms with Crippen molar-refractivity contribution in [1.82, 2.24) is 0 Å². The lowest BCUT2D eigenvalue weighted by atomic mass is 9.61. The zero-order valence-electron chi connectivity index (χ0n) is 33.0. The summed E-state index contributed by atoms with van der Waals surface area (Å²) in [4.78, 5) is 75.6. The van der Waals surface area contributed by atoms with Gasteiger partial charge in [0.15, 0.2) is 86.2 Å². The van der Waals surface area contributed by atoms with Crippen LogP contribution in [0.4, 0.5) is 0 Å². The van der Waals surface area contributed by atoms with Crippen molar-refractivity contribution in [3.8, 4) is 86.2 Å². The van der Waals surface area contributed by atoms with Gasteiger partial charge in [-0.25, -0.2) is 9.59 Å². The number of Topliss-reactive ketones (excluding diaryl/α,β-unsaturated/α-hetero) is 3. The topological polar surface area (TPSA) is 477 Å². The number of aliphatic hydroxyl groups is 3. The molecule has 0 amide bonds. The average molecular weight is 941 g/mol. The summed E-state index contributed by atoms with van der Waals surface area (Å²) in [5.74, 6) is -37.8. The number of carbonyl (C=O) groups is 5. The van der Waals surface area contributed by atoms with E-state index in [1.165, 1.54) is 0 Å². The minimum absolute atomic E-state index is 0.143. The molecule has 0 radical (unpaired) electrons. The second-order valence-electron chi connectivity index (χ2n) is 14.4. The summed E-state index contributed by atoms with van der Waals surface area (Å²) >= 11 is 0. The predicted octanol–water partition coefficient (Wildman–Crippen LogP) is -0.149. The third-order valence-corrected chi connectivity index (χ3v) is 10.3. The standard InChI is InChI=1S/C41H32O26/c42-11-27-36(61)39(33(58)12-1-17(43)28(53)18(44)2-12,66-37(62)15-7-23(49)31(56)24(50)8-15)40(34(59)13-3-19(45)29(54)20(46)4-13,67-38(63)16-9-25(51)32(57)26(52)10-16)41(64,65-27)35(60)14-5-21(47)30(55)22(48)6-14/h1-10,27,36,42-57,61,64H,11H2/t27-,36-,39+,40-,41?/m1/s1. The van der Waals surface area contributed by atoms with Crippen LogP contribution in [-0.2, 0) is 14.2 Å². The number of aromatic hydroxyl groups is 15. The van der Waals surface area contributed by atoms with Crippen LogP contribution in [0, 0.1) is 0 Å². The third kappa shape index (κ3) is 7.24. The number of hydrogen-bond acceptors (Lipinski definition) is 26. The molecular weight excluding hydrogens is 908 g/mol. The number of phenolic OH excluding ortho intramolecular Hbond substituents is 15. The second kappa shape index (κ2) is 16.5. The van der Waals surface area contributed by atoms with Gasteiger partial charge in [0.2, 0.25) is 17.3 Å². The lowest BCUT2D eigenvalue weighted by Gasteiger charge is -2.58. The molecule has 1 saturated heterocycles. The van der Waals surface area contributed by atoms with E-state index in [0.29, 0.717) is 0 Å². The summed E-state index contributed by atoms with van der Waals surface area (Å²) in [5.41, 5.74) is -16.5. The number of esters is 2. The predicted molar refractivity (Wildman–Crippen MR) is 209 cm³/mol. The molecule has 1 aliphatic rings. The van der Waals surface area contributed by atoms with Crippen molar-refractivity contribution in [3.05, 3.63) is 88.5 Å². The molecule has 352 valence electrons. The van der Waals surface area contributed by atoms with Gasteiger partial charge in [-0.15, -0.1) is 0 Å². The molecule has 1 aliphatic heterocycles. The molecule has 1 unspecified atom stereocenters. The Kier molecular flexibility index (Phi) is 11.6. The lowest BCUT2D eigenvalue weighted by molar-refractivity contribution is -0.359. The zero-order valence-corrected chi connectivity index (χ0v) is 33.0. The van der Waals surface area contributed by atoms with Gasteiger partial charge in [0.25, 0.3) is 17.0 Å². The first-order valence-electron chi connectivity index (χ1n) is 18.2. The monoisotopic (exact) mass is 940 g/mol. The molecule has 5 aromatic rings. The smallest absolute Gasteiger partial charge is 0.339 e. The maximum Gasteiger partial charge on any atom is 0.339 e. The fourth-order valence-corrected chi connectivity index (χ4v) is 7.09. The van der Waals surface area contributed by atoms with E-state index in [1.54, 1.807) is 0 Å². The Morgan fingerprint density at radius 1 is 0.433 bits per heavy atom. The summed E-state index contributed by atoms with van der Waals surface area (Å²) in [7, 11) is 0. The Labute approximate surface area is 369 Å². The van der Waals surface area contributed by atoms with Gasteiger partial charge >= 0.3 is 11.9 Å². The van der Waals surface area contributed by atoms with Gasteiger partial charge in [0, 0.05) is 16.7 Å². The highest BCUT2D eigenvalue weighted by Crippen LogP contribution is 2.55. The molecule has 6 rings (SSSR count).